The Labute approximate surface area is 107 Å². The van der Waals surface area contributed by atoms with E-state index in [1.165, 1.54) is 11.8 Å². The van der Waals surface area contributed by atoms with Crippen LogP contribution in [0.15, 0.2) is 0 Å². The average molecular weight is 259 g/mol. The second-order valence-corrected chi connectivity index (χ2v) is 6.08. The molecule has 0 aromatic carbocycles. The van der Waals surface area contributed by atoms with E-state index in [0.717, 1.165) is 0 Å². The zero-order chi connectivity index (χ0) is 14.1. The standard InChI is InChI=1S/C12H21NO5/c1-11(2,3)18-10(17)13-6-8(14)5-12(4,7-13)9(15)16/h8,14H,5-7H2,1-4H3,(H,15,16)/t8-,12-/m1/s1. The van der Waals surface area contributed by atoms with Gasteiger partial charge in [0, 0.05) is 13.1 Å². The first-order valence-corrected chi connectivity index (χ1v) is 5.93. The maximum atomic E-state index is 11.9. The molecule has 0 bridgehead atoms. The van der Waals surface area contributed by atoms with Gasteiger partial charge in [-0.3, -0.25) is 4.79 Å². The van der Waals surface area contributed by atoms with E-state index in [0.29, 0.717) is 0 Å². The van der Waals surface area contributed by atoms with Crippen molar-refractivity contribution in [2.75, 3.05) is 13.1 Å². The summed E-state index contributed by atoms with van der Waals surface area (Å²) >= 11 is 0. The lowest BCUT2D eigenvalue weighted by molar-refractivity contribution is -0.154. The van der Waals surface area contributed by atoms with E-state index in [4.69, 9.17) is 9.84 Å². The van der Waals surface area contributed by atoms with Gasteiger partial charge in [-0.15, -0.1) is 0 Å². The van der Waals surface area contributed by atoms with Gasteiger partial charge in [0.2, 0.25) is 0 Å². The Morgan fingerprint density at radius 3 is 2.39 bits per heavy atom. The minimum Gasteiger partial charge on any atom is -0.481 e. The first-order chi connectivity index (χ1) is 8.03. The molecule has 1 heterocycles. The van der Waals surface area contributed by atoms with E-state index < -0.39 is 29.2 Å². The maximum Gasteiger partial charge on any atom is 0.410 e. The number of carbonyl (C=O) groups excluding carboxylic acids is 1. The summed E-state index contributed by atoms with van der Waals surface area (Å²) in [6.07, 6.45) is -1.29. The molecule has 104 valence electrons. The predicted molar refractivity (Wildman–Crippen MR) is 64.2 cm³/mol. The molecule has 1 rings (SSSR count). The Morgan fingerprint density at radius 2 is 1.94 bits per heavy atom. The fourth-order valence-electron chi connectivity index (χ4n) is 2.01. The van der Waals surface area contributed by atoms with Gasteiger partial charge in [0.05, 0.1) is 11.5 Å². The normalized spacial score (nSPS) is 28.9. The molecule has 6 heteroatoms. The van der Waals surface area contributed by atoms with Gasteiger partial charge in [0.1, 0.15) is 5.60 Å². The molecule has 1 fully saturated rings. The minimum atomic E-state index is -1.13. The predicted octanol–water partition coefficient (Wildman–Crippen LogP) is 1.08. The van der Waals surface area contributed by atoms with Crippen LogP contribution in [0.25, 0.3) is 0 Å². The van der Waals surface area contributed by atoms with Gasteiger partial charge < -0.3 is 19.8 Å². The third-order valence-electron chi connectivity index (χ3n) is 2.83. The third-order valence-corrected chi connectivity index (χ3v) is 2.83. The topological polar surface area (TPSA) is 87.1 Å². The van der Waals surface area contributed by atoms with Crippen LogP contribution >= 0.6 is 0 Å². The second kappa shape index (κ2) is 4.76. The molecule has 1 aliphatic rings. The minimum absolute atomic E-state index is 0.0499. The molecule has 6 nitrogen and oxygen atoms in total. The summed E-state index contributed by atoms with van der Waals surface area (Å²) in [6.45, 7) is 6.90. The van der Waals surface area contributed by atoms with E-state index in [2.05, 4.69) is 0 Å². The molecule has 1 amide bonds. The highest BCUT2D eigenvalue weighted by atomic mass is 16.6. The van der Waals surface area contributed by atoms with Crippen LogP contribution in [0.5, 0.6) is 0 Å². The number of β-amino-alcohol motifs (C(OH)–C–C–N with tert-alkyl or cyclic N) is 1. The number of hydrogen-bond donors (Lipinski definition) is 2. The van der Waals surface area contributed by atoms with Gasteiger partial charge in [-0.05, 0) is 34.1 Å². The molecular weight excluding hydrogens is 238 g/mol. The van der Waals surface area contributed by atoms with Crippen molar-refractivity contribution in [3.63, 3.8) is 0 Å². The molecule has 2 atom stereocenters. The van der Waals surface area contributed by atoms with E-state index >= 15 is 0 Å². The van der Waals surface area contributed by atoms with Crippen molar-refractivity contribution in [1.82, 2.24) is 4.90 Å². The number of aliphatic hydroxyl groups is 1. The number of aliphatic carboxylic acids is 1. The number of ether oxygens (including phenoxy) is 1. The van der Waals surface area contributed by atoms with Crippen LogP contribution in [-0.2, 0) is 9.53 Å². The summed E-state index contributed by atoms with van der Waals surface area (Å²) in [6, 6.07) is 0. The molecule has 0 spiro atoms. The van der Waals surface area contributed by atoms with Crippen molar-refractivity contribution in [2.45, 2.75) is 45.8 Å². The lowest BCUT2D eigenvalue weighted by Gasteiger charge is -2.40. The summed E-state index contributed by atoms with van der Waals surface area (Å²) < 4.78 is 5.18. The van der Waals surface area contributed by atoms with Crippen molar-refractivity contribution >= 4 is 12.1 Å². The molecule has 0 aliphatic carbocycles. The van der Waals surface area contributed by atoms with Gasteiger partial charge in [-0.1, -0.05) is 0 Å². The number of carboxylic acid groups (broad SMARTS) is 1. The van der Waals surface area contributed by atoms with Crippen molar-refractivity contribution < 1.29 is 24.5 Å². The number of nitrogens with zero attached hydrogens (tertiary/aromatic N) is 1. The molecule has 1 saturated heterocycles. The highest BCUT2D eigenvalue weighted by Crippen LogP contribution is 2.30. The zero-order valence-corrected chi connectivity index (χ0v) is 11.3. The van der Waals surface area contributed by atoms with Gasteiger partial charge >= 0.3 is 12.1 Å². The molecule has 1 aliphatic heterocycles. The third kappa shape index (κ3) is 3.60. The van der Waals surface area contributed by atoms with Crippen molar-refractivity contribution in [3.05, 3.63) is 0 Å². The molecule has 0 unspecified atom stereocenters. The quantitative estimate of drug-likeness (QED) is 0.735. The van der Waals surface area contributed by atoms with Gasteiger partial charge in [0.15, 0.2) is 0 Å². The number of piperidine rings is 1. The summed E-state index contributed by atoms with van der Waals surface area (Å²) in [5, 5.41) is 18.9. The number of rotatable bonds is 1. The Balaban J connectivity index is 2.78. The number of likely N-dealkylation sites (tertiary alicyclic amines) is 1. The summed E-state index contributed by atoms with van der Waals surface area (Å²) in [7, 11) is 0. The summed E-state index contributed by atoms with van der Waals surface area (Å²) in [4.78, 5) is 24.3. The van der Waals surface area contributed by atoms with Crippen LogP contribution in [0.1, 0.15) is 34.1 Å². The first-order valence-electron chi connectivity index (χ1n) is 5.93. The van der Waals surface area contributed by atoms with Crippen molar-refractivity contribution in [2.24, 2.45) is 5.41 Å². The van der Waals surface area contributed by atoms with Crippen LogP contribution in [0, 0.1) is 5.41 Å². The van der Waals surface area contributed by atoms with E-state index in [1.54, 1.807) is 20.8 Å². The number of amides is 1. The summed E-state index contributed by atoms with van der Waals surface area (Å²) in [5.41, 5.74) is -1.77. The Morgan fingerprint density at radius 1 is 1.39 bits per heavy atom. The van der Waals surface area contributed by atoms with Gasteiger partial charge in [-0.25, -0.2) is 4.79 Å². The maximum absolute atomic E-state index is 11.9. The van der Waals surface area contributed by atoms with Crippen molar-refractivity contribution in [3.8, 4) is 0 Å². The van der Waals surface area contributed by atoms with Crippen LogP contribution in [0.4, 0.5) is 4.79 Å². The van der Waals surface area contributed by atoms with E-state index in [9.17, 15) is 14.7 Å². The highest BCUT2D eigenvalue weighted by Gasteiger charge is 2.43. The number of aliphatic hydroxyl groups excluding tert-OH is 1. The SMILES string of the molecule is CC(C)(C)OC(=O)N1C[C@H](O)C[C@@](C)(C(=O)O)C1. The smallest absolute Gasteiger partial charge is 0.410 e. The molecule has 0 saturated carbocycles. The van der Waals surface area contributed by atoms with E-state index in [1.807, 2.05) is 0 Å². The highest BCUT2D eigenvalue weighted by molar-refractivity contribution is 5.76. The Bertz CT molecular complexity index is 349. The number of carbonyl (C=O) groups is 2. The number of carboxylic acids is 1. The van der Waals surface area contributed by atoms with Crippen LogP contribution in [0.3, 0.4) is 0 Å². The second-order valence-electron chi connectivity index (χ2n) is 6.08. The van der Waals surface area contributed by atoms with Gasteiger partial charge in [-0.2, -0.15) is 0 Å². The van der Waals surface area contributed by atoms with Crippen LogP contribution < -0.4 is 0 Å². The molecule has 0 aromatic rings. The van der Waals surface area contributed by atoms with E-state index in [-0.39, 0.29) is 19.5 Å². The van der Waals surface area contributed by atoms with Gasteiger partial charge in [0.25, 0.3) is 0 Å². The van der Waals surface area contributed by atoms with Crippen LogP contribution in [-0.4, -0.2) is 52.0 Å². The Hall–Kier alpha value is -1.30. The molecule has 0 aromatic heterocycles. The molecule has 0 radical (unpaired) electrons. The fraction of sp³-hybridized carbons (Fsp3) is 0.833. The zero-order valence-electron chi connectivity index (χ0n) is 11.3. The monoisotopic (exact) mass is 259 g/mol. The summed E-state index contributed by atoms with van der Waals surface area (Å²) in [5.74, 6) is -1.02. The first kappa shape index (κ1) is 14.8. The largest absolute Gasteiger partial charge is 0.481 e. The molecular formula is C12H21NO5. The number of hydrogen-bond acceptors (Lipinski definition) is 4. The molecule has 2 N–H and O–H groups in total. The fourth-order valence-corrected chi connectivity index (χ4v) is 2.01. The average Bonchev–Trinajstić information content (AvgIpc) is 2.13. The lowest BCUT2D eigenvalue weighted by Crippen LogP contribution is -2.54. The lowest BCUT2D eigenvalue weighted by atomic mass is 9.81. The van der Waals surface area contributed by atoms with Crippen molar-refractivity contribution in [1.29, 1.82) is 0 Å². The Kier molecular flexibility index (Phi) is 3.90. The molecule has 18 heavy (non-hydrogen) atoms. The van der Waals surface area contributed by atoms with Crippen LogP contribution in [0.2, 0.25) is 0 Å².